The van der Waals surface area contributed by atoms with Crippen molar-refractivity contribution in [2.75, 3.05) is 24.5 Å². The lowest BCUT2D eigenvalue weighted by molar-refractivity contribution is 0.120. The number of anilines is 1. The van der Waals surface area contributed by atoms with Crippen LogP contribution >= 0.6 is 0 Å². The minimum absolute atomic E-state index is 0.208. The van der Waals surface area contributed by atoms with E-state index in [0.717, 1.165) is 51.0 Å². The third-order valence-electron chi connectivity index (χ3n) is 5.53. The molecule has 2 heterocycles. The summed E-state index contributed by atoms with van der Waals surface area (Å²) in [5.41, 5.74) is 1.04. The average Bonchev–Trinajstić information content (AvgIpc) is 2.63. The molecule has 2 unspecified atom stereocenters. The summed E-state index contributed by atoms with van der Waals surface area (Å²) in [5, 5.41) is 3.41. The van der Waals surface area contributed by atoms with Crippen molar-refractivity contribution in [3.05, 3.63) is 42.5 Å². The molecule has 23 heavy (non-hydrogen) atoms. The van der Waals surface area contributed by atoms with E-state index in [4.69, 9.17) is 0 Å². The van der Waals surface area contributed by atoms with E-state index < -0.39 is 0 Å². The molecule has 0 bridgehead atoms. The summed E-state index contributed by atoms with van der Waals surface area (Å²) in [6.07, 6.45) is 8.74. The summed E-state index contributed by atoms with van der Waals surface area (Å²) in [4.78, 5) is 17.5. The van der Waals surface area contributed by atoms with Crippen LogP contribution in [0.5, 0.6) is 0 Å². The maximum atomic E-state index is 13.3. The lowest BCUT2D eigenvalue weighted by Crippen LogP contribution is -2.63. The number of para-hydroxylation sites is 1. The number of carbonyl (C=O) groups excluding carboxylic acids is 1. The summed E-state index contributed by atoms with van der Waals surface area (Å²) < 4.78 is 0. The summed E-state index contributed by atoms with van der Waals surface area (Å²) in [7, 11) is 0. The largest absolute Gasteiger partial charge is 0.325 e. The highest BCUT2D eigenvalue weighted by Crippen LogP contribution is 2.35. The SMILES string of the molecule is O=C1N(C2CCNCC2)CC2CC=CCC2N1c1ccccc1. The topological polar surface area (TPSA) is 35.6 Å². The van der Waals surface area contributed by atoms with Gasteiger partial charge in [-0.2, -0.15) is 0 Å². The normalized spacial score (nSPS) is 28.8. The number of piperidine rings is 1. The molecule has 4 nitrogen and oxygen atoms in total. The van der Waals surface area contributed by atoms with Crippen molar-refractivity contribution in [3.63, 3.8) is 0 Å². The van der Waals surface area contributed by atoms with Crippen LogP contribution in [0.2, 0.25) is 0 Å². The molecule has 2 atom stereocenters. The van der Waals surface area contributed by atoms with Crippen molar-refractivity contribution < 1.29 is 4.79 Å². The molecule has 1 N–H and O–H groups in total. The first-order chi connectivity index (χ1) is 11.3. The van der Waals surface area contributed by atoms with E-state index in [1.807, 2.05) is 18.2 Å². The Morgan fingerprint density at radius 2 is 1.74 bits per heavy atom. The first-order valence-electron chi connectivity index (χ1n) is 8.85. The summed E-state index contributed by atoms with van der Waals surface area (Å²) in [5.74, 6) is 0.549. The van der Waals surface area contributed by atoms with Crippen molar-refractivity contribution in [2.24, 2.45) is 5.92 Å². The highest BCUT2D eigenvalue weighted by atomic mass is 16.2. The molecule has 2 saturated heterocycles. The van der Waals surface area contributed by atoms with E-state index in [0.29, 0.717) is 18.0 Å². The molecule has 0 aromatic heterocycles. The van der Waals surface area contributed by atoms with Crippen molar-refractivity contribution >= 4 is 11.7 Å². The van der Waals surface area contributed by atoms with Gasteiger partial charge >= 0.3 is 6.03 Å². The number of hydrogen-bond acceptors (Lipinski definition) is 2. The van der Waals surface area contributed by atoms with E-state index >= 15 is 0 Å². The Bertz CT molecular complexity index is 580. The fraction of sp³-hybridized carbons (Fsp3) is 0.526. The van der Waals surface area contributed by atoms with Crippen molar-refractivity contribution in [2.45, 2.75) is 37.8 Å². The van der Waals surface area contributed by atoms with Gasteiger partial charge in [-0.3, -0.25) is 4.90 Å². The average molecular weight is 311 g/mol. The number of carbonyl (C=O) groups is 1. The third kappa shape index (κ3) is 2.76. The van der Waals surface area contributed by atoms with Crippen LogP contribution in [0.15, 0.2) is 42.5 Å². The Kier molecular flexibility index (Phi) is 4.08. The molecular formula is C19H25N3O. The lowest BCUT2D eigenvalue weighted by atomic mass is 9.84. The number of amides is 2. The standard InChI is InChI=1S/C19H25N3O/c23-19-21(16-10-12-20-13-11-16)14-15-6-4-5-9-18(15)22(19)17-7-2-1-3-8-17/h1-5,7-8,15-16,18,20H,6,9-14H2. The van der Waals surface area contributed by atoms with Gasteiger partial charge in [0, 0.05) is 30.2 Å². The summed E-state index contributed by atoms with van der Waals surface area (Å²) in [6, 6.07) is 11.1. The van der Waals surface area contributed by atoms with Crippen LogP contribution in [0.4, 0.5) is 10.5 Å². The van der Waals surface area contributed by atoms with Crippen LogP contribution in [-0.2, 0) is 0 Å². The highest BCUT2D eigenvalue weighted by molar-refractivity contribution is 5.94. The van der Waals surface area contributed by atoms with Gasteiger partial charge in [0.2, 0.25) is 0 Å². The number of fused-ring (bicyclic) bond motifs is 1. The molecule has 2 amide bonds. The predicted molar refractivity (Wildman–Crippen MR) is 92.6 cm³/mol. The Morgan fingerprint density at radius 3 is 2.52 bits per heavy atom. The third-order valence-corrected chi connectivity index (χ3v) is 5.53. The van der Waals surface area contributed by atoms with E-state index in [1.165, 1.54) is 0 Å². The van der Waals surface area contributed by atoms with Gasteiger partial charge in [0.25, 0.3) is 0 Å². The second-order valence-electron chi connectivity index (χ2n) is 6.89. The van der Waals surface area contributed by atoms with Gasteiger partial charge in [0.1, 0.15) is 0 Å². The zero-order chi connectivity index (χ0) is 15.6. The van der Waals surface area contributed by atoms with E-state index in [1.54, 1.807) is 0 Å². The highest BCUT2D eigenvalue weighted by Gasteiger charge is 2.43. The number of rotatable bonds is 2. The molecule has 4 rings (SSSR count). The zero-order valence-corrected chi connectivity index (χ0v) is 13.5. The number of nitrogens with zero attached hydrogens (tertiary/aromatic N) is 2. The number of benzene rings is 1. The predicted octanol–water partition coefficient (Wildman–Crippen LogP) is 3.02. The minimum Gasteiger partial charge on any atom is -0.321 e. The van der Waals surface area contributed by atoms with E-state index in [2.05, 4.69) is 39.4 Å². The first kappa shape index (κ1) is 14.8. The van der Waals surface area contributed by atoms with Crippen LogP contribution in [-0.4, -0.2) is 42.6 Å². The summed E-state index contributed by atoms with van der Waals surface area (Å²) in [6.45, 7) is 2.96. The zero-order valence-electron chi connectivity index (χ0n) is 13.5. The smallest absolute Gasteiger partial charge is 0.321 e. The fourth-order valence-corrected chi connectivity index (χ4v) is 4.29. The Hall–Kier alpha value is -1.81. The second-order valence-corrected chi connectivity index (χ2v) is 6.89. The Labute approximate surface area is 138 Å². The van der Waals surface area contributed by atoms with Gasteiger partial charge < -0.3 is 10.2 Å². The van der Waals surface area contributed by atoms with Gasteiger partial charge in [-0.05, 0) is 50.9 Å². The fourth-order valence-electron chi connectivity index (χ4n) is 4.29. The molecular weight excluding hydrogens is 286 g/mol. The minimum atomic E-state index is 0.208. The quantitative estimate of drug-likeness (QED) is 0.852. The monoisotopic (exact) mass is 311 g/mol. The van der Waals surface area contributed by atoms with Gasteiger partial charge in [-0.25, -0.2) is 4.79 Å². The van der Waals surface area contributed by atoms with Crippen LogP contribution in [0.3, 0.4) is 0 Å². The molecule has 0 spiro atoms. The number of hydrogen-bond donors (Lipinski definition) is 1. The van der Waals surface area contributed by atoms with Crippen LogP contribution in [0, 0.1) is 5.92 Å². The molecule has 1 aliphatic carbocycles. The number of nitrogens with one attached hydrogen (secondary N) is 1. The number of allylic oxidation sites excluding steroid dienone is 1. The molecule has 0 radical (unpaired) electrons. The van der Waals surface area contributed by atoms with Gasteiger partial charge in [0.15, 0.2) is 0 Å². The maximum Gasteiger partial charge on any atom is 0.325 e. The van der Waals surface area contributed by atoms with E-state index in [9.17, 15) is 4.79 Å². The van der Waals surface area contributed by atoms with E-state index in [-0.39, 0.29) is 6.03 Å². The first-order valence-corrected chi connectivity index (χ1v) is 8.85. The number of urea groups is 1. The van der Waals surface area contributed by atoms with Gasteiger partial charge in [0.05, 0.1) is 0 Å². The summed E-state index contributed by atoms with van der Waals surface area (Å²) >= 11 is 0. The van der Waals surface area contributed by atoms with Crippen LogP contribution < -0.4 is 10.2 Å². The Balaban J connectivity index is 1.66. The van der Waals surface area contributed by atoms with Gasteiger partial charge in [-0.15, -0.1) is 0 Å². The van der Waals surface area contributed by atoms with Crippen LogP contribution in [0.1, 0.15) is 25.7 Å². The maximum absolute atomic E-state index is 13.3. The molecule has 1 aromatic rings. The molecule has 2 aliphatic heterocycles. The second kappa shape index (κ2) is 6.36. The molecule has 1 aromatic carbocycles. The van der Waals surface area contributed by atoms with Gasteiger partial charge in [-0.1, -0.05) is 30.4 Å². The van der Waals surface area contributed by atoms with Crippen molar-refractivity contribution in [1.29, 1.82) is 0 Å². The Morgan fingerprint density at radius 1 is 1.00 bits per heavy atom. The molecule has 4 heteroatoms. The molecule has 3 aliphatic rings. The van der Waals surface area contributed by atoms with Crippen LogP contribution in [0.25, 0.3) is 0 Å². The van der Waals surface area contributed by atoms with Crippen molar-refractivity contribution in [1.82, 2.24) is 10.2 Å². The molecule has 2 fully saturated rings. The molecule has 122 valence electrons. The molecule has 0 saturated carbocycles. The van der Waals surface area contributed by atoms with Crippen molar-refractivity contribution in [3.8, 4) is 0 Å². The lowest BCUT2D eigenvalue weighted by Gasteiger charge is -2.50.